The van der Waals surface area contributed by atoms with E-state index in [0.29, 0.717) is 6.42 Å². The zero-order chi connectivity index (χ0) is 15.6. The number of phenolic OH excluding ortho intramolecular Hbond substituents is 1. The molecule has 0 aliphatic heterocycles. The number of hydrogen-bond acceptors (Lipinski definition) is 7. The van der Waals surface area contributed by atoms with Crippen LogP contribution in [0.2, 0.25) is 0 Å². The van der Waals surface area contributed by atoms with Gasteiger partial charge in [-0.1, -0.05) is 23.5 Å². The van der Waals surface area contributed by atoms with E-state index in [2.05, 4.69) is 25.6 Å². The third-order valence-electron chi connectivity index (χ3n) is 3.27. The zero-order valence-corrected chi connectivity index (χ0v) is 12.7. The topological polar surface area (TPSA) is 88.2 Å². The summed E-state index contributed by atoms with van der Waals surface area (Å²) >= 11 is 1.43. The van der Waals surface area contributed by atoms with Gasteiger partial charge in [-0.15, -0.1) is 15.3 Å². The molecule has 0 radical (unpaired) electrons. The number of pyridine rings is 1. The second-order valence-corrected chi connectivity index (χ2v) is 5.88. The summed E-state index contributed by atoms with van der Waals surface area (Å²) in [4.78, 5) is 4.79. The normalized spacial score (nSPS) is 11.0. The highest BCUT2D eigenvalue weighted by molar-refractivity contribution is 7.20. The van der Waals surface area contributed by atoms with Gasteiger partial charge in [-0.3, -0.25) is 4.98 Å². The van der Waals surface area contributed by atoms with Crippen LogP contribution in [0.4, 0.5) is 10.8 Å². The number of fused-ring (bicyclic) bond motifs is 1. The van der Waals surface area contributed by atoms with E-state index >= 15 is 0 Å². The van der Waals surface area contributed by atoms with Gasteiger partial charge in [0.2, 0.25) is 10.1 Å². The van der Waals surface area contributed by atoms with Crippen LogP contribution in [-0.4, -0.2) is 29.9 Å². The first-order chi connectivity index (χ1) is 11.3. The first kappa shape index (κ1) is 13.6. The first-order valence-electron chi connectivity index (χ1n) is 6.94. The van der Waals surface area contributed by atoms with Crippen LogP contribution in [0.1, 0.15) is 11.4 Å². The summed E-state index contributed by atoms with van der Waals surface area (Å²) in [5.41, 5.74) is 1.91. The molecular weight excluding hydrogens is 312 g/mol. The van der Waals surface area contributed by atoms with Crippen molar-refractivity contribution >= 4 is 27.1 Å². The van der Waals surface area contributed by atoms with Gasteiger partial charge in [0.25, 0.3) is 0 Å². The van der Waals surface area contributed by atoms with Crippen LogP contribution in [0.15, 0.2) is 48.8 Å². The molecule has 8 heteroatoms. The van der Waals surface area contributed by atoms with Crippen molar-refractivity contribution in [2.24, 2.45) is 0 Å². The standard InChI is InChI=1S/C15H12N6OS/c22-12-5-3-10(4-6-12)8-13-18-19-15-21(13)20-14(23-15)17-11-2-1-7-16-9-11/h1-7,9,22H,8H2,(H,17,20). The average Bonchev–Trinajstić information content (AvgIpc) is 3.12. The quantitative estimate of drug-likeness (QED) is 0.600. The van der Waals surface area contributed by atoms with Crippen LogP contribution in [0.5, 0.6) is 5.75 Å². The Hall–Kier alpha value is -3.00. The molecule has 0 saturated heterocycles. The van der Waals surface area contributed by atoms with E-state index in [1.54, 1.807) is 29.0 Å². The molecule has 0 amide bonds. The van der Waals surface area contributed by atoms with Crippen molar-refractivity contribution in [1.29, 1.82) is 0 Å². The van der Waals surface area contributed by atoms with Crippen molar-refractivity contribution in [2.75, 3.05) is 5.32 Å². The van der Waals surface area contributed by atoms with Gasteiger partial charge in [0.1, 0.15) is 5.75 Å². The number of benzene rings is 1. The summed E-state index contributed by atoms with van der Waals surface area (Å²) in [6, 6.07) is 10.8. The van der Waals surface area contributed by atoms with Gasteiger partial charge in [0.05, 0.1) is 11.9 Å². The van der Waals surface area contributed by atoms with Gasteiger partial charge in [-0.25, -0.2) is 0 Å². The van der Waals surface area contributed by atoms with Gasteiger partial charge in [0.15, 0.2) is 5.82 Å². The molecule has 3 aromatic heterocycles. The van der Waals surface area contributed by atoms with Crippen LogP contribution in [-0.2, 0) is 6.42 Å². The molecule has 4 rings (SSSR count). The first-order valence-corrected chi connectivity index (χ1v) is 7.76. The van der Waals surface area contributed by atoms with E-state index in [1.807, 2.05) is 24.3 Å². The smallest absolute Gasteiger partial charge is 0.236 e. The van der Waals surface area contributed by atoms with E-state index in [1.165, 1.54) is 11.3 Å². The molecule has 4 aromatic rings. The summed E-state index contributed by atoms with van der Waals surface area (Å²) in [5, 5.41) is 26.1. The number of anilines is 2. The Morgan fingerprint density at radius 1 is 1.13 bits per heavy atom. The van der Waals surface area contributed by atoms with Crippen molar-refractivity contribution in [3.63, 3.8) is 0 Å². The molecule has 0 saturated carbocycles. The molecule has 2 N–H and O–H groups in total. The summed E-state index contributed by atoms with van der Waals surface area (Å²) in [7, 11) is 0. The number of phenols is 1. The Bertz CT molecular complexity index is 932. The third-order valence-corrected chi connectivity index (χ3v) is 4.08. The molecule has 7 nitrogen and oxygen atoms in total. The molecule has 0 aliphatic rings. The zero-order valence-electron chi connectivity index (χ0n) is 11.9. The van der Waals surface area contributed by atoms with E-state index in [-0.39, 0.29) is 5.75 Å². The number of aromatic hydroxyl groups is 1. The summed E-state index contributed by atoms with van der Waals surface area (Å²) in [6.07, 6.45) is 4.05. The molecule has 0 spiro atoms. The Morgan fingerprint density at radius 2 is 2.00 bits per heavy atom. The lowest BCUT2D eigenvalue weighted by atomic mass is 10.1. The maximum Gasteiger partial charge on any atom is 0.236 e. The second kappa shape index (κ2) is 5.65. The van der Waals surface area contributed by atoms with E-state index < -0.39 is 0 Å². The van der Waals surface area contributed by atoms with Crippen LogP contribution in [0.3, 0.4) is 0 Å². The van der Waals surface area contributed by atoms with E-state index in [9.17, 15) is 5.11 Å². The summed E-state index contributed by atoms with van der Waals surface area (Å²) < 4.78 is 1.73. The van der Waals surface area contributed by atoms with E-state index in [4.69, 9.17) is 0 Å². The molecular formula is C15H12N6OS. The molecule has 23 heavy (non-hydrogen) atoms. The highest BCUT2D eigenvalue weighted by Crippen LogP contribution is 2.23. The fourth-order valence-electron chi connectivity index (χ4n) is 2.17. The number of hydrogen-bond donors (Lipinski definition) is 2. The predicted molar refractivity (Wildman–Crippen MR) is 87.1 cm³/mol. The van der Waals surface area contributed by atoms with Gasteiger partial charge < -0.3 is 10.4 Å². The Labute approximate surface area is 135 Å². The third kappa shape index (κ3) is 2.84. The predicted octanol–water partition coefficient (Wildman–Crippen LogP) is 2.62. The van der Waals surface area contributed by atoms with Crippen molar-refractivity contribution in [1.82, 2.24) is 24.8 Å². The number of nitrogens with zero attached hydrogens (tertiary/aromatic N) is 5. The van der Waals surface area contributed by atoms with Crippen LogP contribution >= 0.6 is 11.3 Å². The average molecular weight is 324 g/mol. The largest absolute Gasteiger partial charge is 0.508 e. The molecule has 0 aliphatic carbocycles. The Morgan fingerprint density at radius 3 is 2.78 bits per heavy atom. The molecule has 3 heterocycles. The summed E-state index contributed by atoms with van der Waals surface area (Å²) in [6.45, 7) is 0. The Balaban J connectivity index is 1.60. The Kier molecular flexibility index (Phi) is 3.35. The van der Waals surface area contributed by atoms with Gasteiger partial charge >= 0.3 is 0 Å². The van der Waals surface area contributed by atoms with Crippen molar-refractivity contribution in [3.05, 3.63) is 60.2 Å². The van der Waals surface area contributed by atoms with Crippen molar-refractivity contribution in [2.45, 2.75) is 6.42 Å². The van der Waals surface area contributed by atoms with Gasteiger partial charge in [-0.2, -0.15) is 4.52 Å². The second-order valence-electron chi connectivity index (χ2n) is 4.93. The van der Waals surface area contributed by atoms with Gasteiger partial charge in [-0.05, 0) is 29.8 Å². The van der Waals surface area contributed by atoms with Crippen molar-refractivity contribution in [3.8, 4) is 5.75 Å². The number of rotatable bonds is 4. The minimum absolute atomic E-state index is 0.247. The van der Waals surface area contributed by atoms with Crippen LogP contribution in [0, 0.1) is 0 Å². The SMILES string of the molecule is Oc1ccc(Cc2nnc3sc(Nc4cccnc4)nn23)cc1. The molecule has 0 atom stereocenters. The number of aromatic nitrogens is 5. The lowest BCUT2D eigenvalue weighted by Gasteiger charge is -2.00. The molecule has 0 bridgehead atoms. The molecule has 1 aromatic carbocycles. The van der Waals surface area contributed by atoms with Crippen LogP contribution < -0.4 is 5.32 Å². The molecule has 114 valence electrons. The summed E-state index contributed by atoms with van der Waals surface area (Å²) in [5.74, 6) is 0.998. The minimum Gasteiger partial charge on any atom is -0.508 e. The molecule has 0 unspecified atom stereocenters. The van der Waals surface area contributed by atoms with E-state index in [0.717, 1.165) is 27.2 Å². The maximum absolute atomic E-state index is 9.34. The lowest BCUT2D eigenvalue weighted by molar-refractivity contribution is 0.475. The fraction of sp³-hybridized carbons (Fsp3) is 0.0667. The van der Waals surface area contributed by atoms with Crippen LogP contribution in [0.25, 0.3) is 4.96 Å². The lowest BCUT2D eigenvalue weighted by Crippen LogP contribution is -1.98. The minimum atomic E-state index is 0.247. The van der Waals surface area contributed by atoms with Crippen molar-refractivity contribution < 1.29 is 5.11 Å². The van der Waals surface area contributed by atoms with Gasteiger partial charge in [0, 0.05) is 12.6 Å². The molecule has 0 fully saturated rings. The highest BCUT2D eigenvalue weighted by Gasteiger charge is 2.12. The fourth-order valence-corrected chi connectivity index (χ4v) is 2.95. The highest BCUT2D eigenvalue weighted by atomic mass is 32.1. The maximum atomic E-state index is 9.34. The number of nitrogens with one attached hydrogen (secondary N) is 1. The monoisotopic (exact) mass is 324 g/mol.